The first-order chi connectivity index (χ1) is 12.8. The fourth-order valence-electron chi connectivity index (χ4n) is 2.50. The third kappa shape index (κ3) is 5.27. The number of esters is 1. The highest BCUT2D eigenvalue weighted by Crippen LogP contribution is 2.36. The van der Waals surface area contributed by atoms with Crippen LogP contribution in [0.15, 0.2) is 36.4 Å². The van der Waals surface area contributed by atoms with Crippen LogP contribution in [0.5, 0.6) is 23.0 Å². The summed E-state index contributed by atoms with van der Waals surface area (Å²) < 4.78 is 4.81. The zero-order valence-corrected chi connectivity index (χ0v) is 14.7. The Morgan fingerprint density at radius 1 is 0.926 bits per heavy atom. The Kier molecular flexibility index (Phi) is 6.48. The Morgan fingerprint density at radius 3 is 1.89 bits per heavy atom. The number of amides is 1. The van der Waals surface area contributed by atoms with Crippen LogP contribution in [0.4, 0.5) is 0 Å². The summed E-state index contributed by atoms with van der Waals surface area (Å²) in [7, 11) is 0. The van der Waals surface area contributed by atoms with Gasteiger partial charge in [-0.25, -0.2) is 0 Å². The van der Waals surface area contributed by atoms with Gasteiger partial charge in [0.25, 0.3) is 0 Å². The molecule has 0 fully saturated rings. The van der Waals surface area contributed by atoms with E-state index in [4.69, 9.17) is 4.74 Å². The van der Waals surface area contributed by atoms with Gasteiger partial charge in [-0.1, -0.05) is 19.1 Å². The number of benzene rings is 2. The Bertz CT molecular complexity index is 783. The number of phenols is 4. The molecule has 0 saturated carbocycles. The number of carbonyl (C=O) groups is 2. The van der Waals surface area contributed by atoms with E-state index in [9.17, 15) is 30.0 Å². The molecule has 8 nitrogen and oxygen atoms in total. The second-order valence-electron chi connectivity index (χ2n) is 5.87. The van der Waals surface area contributed by atoms with Gasteiger partial charge in [0.2, 0.25) is 5.91 Å². The number of hydrogen-bond donors (Lipinski definition) is 5. The smallest absolute Gasteiger partial charge is 0.307 e. The monoisotopic (exact) mass is 375 g/mol. The topological polar surface area (TPSA) is 136 Å². The van der Waals surface area contributed by atoms with Crippen LogP contribution in [-0.2, 0) is 14.3 Å². The van der Waals surface area contributed by atoms with Gasteiger partial charge in [-0.3, -0.25) is 9.59 Å². The molecule has 1 amide bonds. The van der Waals surface area contributed by atoms with E-state index in [0.717, 1.165) is 0 Å². The summed E-state index contributed by atoms with van der Waals surface area (Å²) in [5.41, 5.74) is 1.02. The van der Waals surface area contributed by atoms with Crippen molar-refractivity contribution in [2.45, 2.75) is 25.7 Å². The number of aromatic hydroxyl groups is 4. The molecule has 0 bridgehead atoms. The molecule has 2 rings (SSSR count). The van der Waals surface area contributed by atoms with Gasteiger partial charge >= 0.3 is 5.97 Å². The SMILES string of the molecule is CCC(=O)OCNC(=O)CC(c1ccc(O)c(O)c1)c1ccc(O)c(O)c1. The summed E-state index contributed by atoms with van der Waals surface area (Å²) >= 11 is 0. The van der Waals surface area contributed by atoms with E-state index < -0.39 is 17.8 Å². The maximum atomic E-state index is 12.2. The van der Waals surface area contributed by atoms with Crippen LogP contribution in [0.2, 0.25) is 0 Å². The summed E-state index contributed by atoms with van der Waals surface area (Å²) in [6.07, 6.45) is 0.107. The summed E-state index contributed by atoms with van der Waals surface area (Å²) in [6, 6.07) is 8.28. The minimum absolute atomic E-state index is 0.0852. The van der Waals surface area contributed by atoms with Gasteiger partial charge < -0.3 is 30.5 Å². The van der Waals surface area contributed by atoms with Crippen molar-refractivity contribution in [1.82, 2.24) is 5.32 Å². The van der Waals surface area contributed by atoms with E-state index in [-0.39, 0.29) is 42.6 Å². The molecule has 0 heterocycles. The molecule has 27 heavy (non-hydrogen) atoms. The minimum atomic E-state index is -0.593. The molecule has 144 valence electrons. The number of phenolic OH excluding ortho intramolecular Hbond substituents is 4. The second kappa shape index (κ2) is 8.79. The number of hydrogen-bond acceptors (Lipinski definition) is 7. The molecular weight excluding hydrogens is 354 g/mol. The van der Waals surface area contributed by atoms with Crippen LogP contribution in [0.1, 0.15) is 36.8 Å². The van der Waals surface area contributed by atoms with Crippen molar-refractivity contribution in [1.29, 1.82) is 0 Å². The van der Waals surface area contributed by atoms with E-state index >= 15 is 0 Å². The second-order valence-corrected chi connectivity index (χ2v) is 5.87. The van der Waals surface area contributed by atoms with Crippen molar-refractivity contribution >= 4 is 11.9 Å². The molecule has 0 atom stereocenters. The highest BCUT2D eigenvalue weighted by Gasteiger charge is 2.21. The van der Waals surface area contributed by atoms with Crippen molar-refractivity contribution in [3.05, 3.63) is 47.5 Å². The van der Waals surface area contributed by atoms with Gasteiger partial charge in [0.05, 0.1) is 0 Å². The maximum absolute atomic E-state index is 12.2. The lowest BCUT2D eigenvalue weighted by Gasteiger charge is -2.19. The van der Waals surface area contributed by atoms with E-state index in [0.29, 0.717) is 11.1 Å². The largest absolute Gasteiger partial charge is 0.504 e. The third-order valence-corrected chi connectivity index (χ3v) is 3.98. The van der Waals surface area contributed by atoms with E-state index in [1.54, 1.807) is 6.92 Å². The average Bonchev–Trinajstić information content (AvgIpc) is 2.64. The standard InChI is InChI=1S/C19H21NO7/c1-2-19(26)27-10-20-18(25)9-13(11-3-5-14(21)16(23)7-11)12-4-6-15(22)17(24)8-12/h3-8,13,21-24H,2,9-10H2,1H3,(H,20,25). The van der Waals surface area contributed by atoms with Crippen LogP contribution >= 0.6 is 0 Å². The molecule has 0 unspecified atom stereocenters. The van der Waals surface area contributed by atoms with Gasteiger partial charge in [-0.05, 0) is 35.4 Å². The Hall–Kier alpha value is -3.42. The minimum Gasteiger partial charge on any atom is -0.504 e. The Labute approximate surface area is 155 Å². The molecule has 0 spiro atoms. The lowest BCUT2D eigenvalue weighted by atomic mass is 9.87. The molecule has 8 heteroatoms. The number of rotatable bonds is 7. The van der Waals surface area contributed by atoms with Crippen molar-refractivity contribution < 1.29 is 34.8 Å². The van der Waals surface area contributed by atoms with Crippen LogP contribution < -0.4 is 5.32 Å². The molecule has 0 aliphatic rings. The first-order valence-electron chi connectivity index (χ1n) is 8.27. The molecule has 0 saturated heterocycles. The van der Waals surface area contributed by atoms with Gasteiger partial charge in [-0.2, -0.15) is 0 Å². The van der Waals surface area contributed by atoms with Gasteiger partial charge in [0.1, 0.15) is 0 Å². The lowest BCUT2D eigenvalue weighted by Crippen LogP contribution is -2.29. The van der Waals surface area contributed by atoms with Gasteiger partial charge in [0.15, 0.2) is 29.7 Å². The fraction of sp³-hybridized carbons (Fsp3) is 0.263. The zero-order valence-electron chi connectivity index (χ0n) is 14.7. The van der Waals surface area contributed by atoms with Crippen molar-refractivity contribution in [3.63, 3.8) is 0 Å². The maximum Gasteiger partial charge on any atom is 0.307 e. The van der Waals surface area contributed by atoms with Gasteiger partial charge in [-0.15, -0.1) is 0 Å². The van der Waals surface area contributed by atoms with Crippen LogP contribution in [0.25, 0.3) is 0 Å². The van der Waals surface area contributed by atoms with E-state index in [1.165, 1.54) is 36.4 Å². The molecule has 0 radical (unpaired) electrons. The molecule has 2 aromatic rings. The van der Waals surface area contributed by atoms with Crippen LogP contribution in [0, 0.1) is 0 Å². The van der Waals surface area contributed by atoms with Crippen LogP contribution in [-0.4, -0.2) is 39.0 Å². The molecule has 0 aliphatic heterocycles. The Morgan fingerprint density at radius 2 is 1.44 bits per heavy atom. The average molecular weight is 375 g/mol. The summed E-state index contributed by atoms with van der Waals surface area (Å²) in [6.45, 7) is 1.37. The first-order valence-corrected chi connectivity index (χ1v) is 8.27. The summed E-state index contributed by atoms with van der Waals surface area (Å²) in [5, 5.41) is 41.0. The highest BCUT2D eigenvalue weighted by molar-refractivity contribution is 5.78. The fourth-order valence-corrected chi connectivity index (χ4v) is 2.50. The van der Waals surface area contributed by atoms with E-state index in [1.807, 2.05) is 0 Å². The quantitative estimate of drug-likeness (QED) is 0.284. The molecule has 0 aliphatic carbocycles. The third-order valence-electron chi connectivity index (χ3n) is 3.98. The molecule has 5 N–H and O–H groups in total. The Balaban J connectivity index is 2.24. The molecule has 2 aromatic carbocycles. The zero-order chi connectivity index (χ0) is 20.0. The number of carbonyl (C=O) groups excluding carboxylic acids is 2. The van der Waals surface area contributed by atoms with Gasteiger partial charge in [0, 0.05) is 18.8 Å². The summed E-state index contributed by atoms with van der Waals surface area (Å²) in [5.74, 6) is -2.77. The predicted octanol–water partition coefficient (Wildman–Crippen LogP) is 2.06. The molecule has 0 aromatic heterocycles. The van der Waals surface area contributed by atoms with Crippen molar-refractivity contribution in [2.75, 3.05) is 6.73 Å². The summed E-state index contributed by atoms with van der Waals surface area (Å²) in [4.78, 5) is 23.4. The molecular formula is C19H21NO7. The highest BCUT2D eigenvalue weighted by atomic mass is 16.5. The number of ether oxygens (including phenoxy) is 1. The first kappa shape index (κ1) is 19.9. The van der Waals surface area contributed by atoms with Crippen LogP contribution in [0.3, 0.4) is 0 Å². The predicted molar refractivity (Wildman–Crippen MR) is 95.4 cm³/mol. The normalized spacial score (nSPS) is 10.6. The van der Waals surface area contributed by atoms with E-state index in [2.05, 4.69) is 5.32 Å². The number of nitrogens with one attached hydrogen (secondary N) is 1. The lowest BCUT2D eigenvalue weighted by molar-refractivity contribution is -0.145. The van der Waals surface area contributed by atoms with Crippen molar-refractivity contribution in [2.24, 2.45) is 0 Å². The van der Waals surface area contributed by atoms with Crippen molar-refractivity contribution in [3.8, 4) is 23.0 Å².